The second-order valence-corrected chi connectivity index (χ2v) is 17.2. The molecule has 15 aromatic rings. The van der Waals surface area contributed by atoms with Gasteiger partial charge in [0.1, 0.15) is 22.3 Å². The Morgan fingerprint density at radius 3 is 1.46 bits per heavy atom. The number of hydrogen-bond acceptors (Lipinski definition) is 2. The largest absolute Gasteiger partial charge is 0.455 e. The Morgan fingerprint density at radius 2 is 0.746 bits per heavy atom. The summed E-state index contributed by atoms with van der Waals surface area (Å²) in [4.78, 5) is 0. The highest BCUT2D eigenvalue weighted by molar-refractivity contribution is 6.26. The maximum Gasteiger partial charge on any atom is 0.145 e. The molecule has 15 rings (SSSR count). The number of benzene rings is 10. The van der Waals surface area contributed by atoms with Crippen molar-refractivity contribution in [2.75, 3.05) is 0 Å². The molecule has 0 unspecified atom stereocenters. The van der Waals surface area contributed by atoms with Gasteiger partial charge in [-0.1, -0.05) is 109 Å². The Labute approximate surface area is 383 Å². The summed E-state index contributed by atoms with van der Waals surface area (Å²) in [6, 6.07) is 76.4. The SMILES string of the molecule is C=C.c1ccc(-n2c3ccc(-n4c5ccccc5c5c6oc7ccccc7c6ccc54)cc3c3c4oc5ccc(-c6cccc(-n7c8ccccc8c8ccccc87)c6)cc5c4ccc32)cc1. The maximum atomic E-state index is 7.00. The Balaban J connectivity index is 0.00000211. The summed E-state index contributed by atoms with van der Waals surface area (Å²) in [6.07, 6.45) is 0. The predicted molar refractivity (Wildman–Crippen MR) is 281 cm³/mol. The fourth-order valence-corrected chi connectivity index (χ4v) is 11.0. The van der Waals surface area contributed by atoms with Gasteiger partial charge in [-0.05, 0) is 114 Å². The highest BCUT2D eigenvalue weighted by Crippen LogP contribution is 2.45. The van der Waals surface area contributed by atoms with E-state index in [1.165, 1.54) is 21.8 Å². The van der Waals surface area contributed by atoms with E-state index in [9.17, 15) is 0 Å². The molecule has 10 aromatic carbocycles. The van der Waals surface area contributed by atoms with Crippen molar-refractivity contribution in [1.82, 2.24) is 13.7 Å². The summed E-state index contributed by atoms with van der Waals surface area (Å²) in [5, 5.41) is 11.5. The Kier molecular flexibility index (Phi) is 7.92. The molecule has 0 atom stereocenters. The number of aromatic nitrogens is 3. The van der Waals surface area contributed by atoms with Crippen molar-refractivity contribution in [3.05, 3.63) is 225 Å². The van der Waals surface area contributed by atoms with Crippen LogP contribution >= 0.6 is 0 Å². The van der Waals surface area contributed by atoms with Gasteiger partial charge in [0, 0.05) is 60.2 Å². The molecule has 0 N–H and O–H groups in total. The van der Waals surface area contributed by atoms with Crippen LogP contribution in [0.25, 0.3) is 137 Å². The first-order valence-corrected chi connectivity index (χ1v) is 22.7. The van der Waals surface area contributed by atoms with E-state index in [0.29, 0.717) is 0 Å². The molecule has 5 nitrogen and oxygen atoms in total. The molecule has 0 aliphatic rings. The monoisotopic (exact) mass is 857 g/mol. The molecule has 0 aliphatic heterocycles. The molecule has 0 bridgehead atoms. The van der Waals surface area contributed by atoms with E-state index in [4.69, 9.17) is 8.83 Å². The van der Waals surface area contributed by atoms with Crippen molar-refractivity contribution in [2.45, 2.75) is 0 Å². The van der Waals surface area contributed by atoms with Crippen LogP contribution in [0.2, 0.25) is 0 Å². The van der Waals surface area contributed by atoms with Crippen molar-refractivity contribution < 1.29 is 8.83 Å². The van der Waals surface area contributed by atoms with Crippen LogP contribution in [0.5, 0.6) is 0 Å². The lowest BCUT2D eigenvalue weighted by Gasteiger charge is -2.10. The Morgan fingerprint density at radius 1 is 0.269 bits per heavy atom. The van der Waals surface area contributed by atoms with Crippen molar-refractivity contribution in [3.63, 3.8) is 0 Å². The zero-order chi connectivity index (χ0) is 44.3. The summed E-state index contributed by atoms with van der Waals surface area (Å²) in [6.45, 7) is 6.00. The fraction of sp³-hybridized carbons (Fsp3) is 0. The van der Waals surface area contributed by atoms with Crippen LogP contribution in [0.1, 0.15) is 0 Å². The average molecular weight is 858 g/mol. The molecule has 5 heterocycles. The van der Waals surface area contributed by atoms with E-state index in [-0.39, 0.29) is 0 Å². The first-order valence-electron chi connectivity index (χ1n) is 22.7. The summed E-state index contributed by atoms with van der Waals surface area (Å²) in [7, 11) is 0. The van der Waals surface area contributed by atoms with Crippen molar-refractivity contribution >= 4 is 109 Å². The van der Waals surface area contributed by atoms with Gasteiger partial charge in [-0.15, -0.1) is 13.2 Å². The second-order valence-electron chi connectivity index (χ2n) is 17.2. The third kappa shape index (κ3) is 5.25. The van der Waals surface area contributed by atoms with Gasteiger partial charge in [-0.25, -0.2) is 0 Å². The van der Waals surface area contributed by atoms with E-state index in [2.05, 4.69) is 233 Å². The molecule has 0 spiro atoms. The van der Waals surface area contributed by atoms with E-state index in [0.717, 1.165) is 116 Å². The van der Waals surface area contributed by atoms with Gasteiger partial charge in [-0.3, -0.25) is 0 Å². The summed E-state index contributed by atoms with van der Waals surface area (Å²) in [5.41, 5.74) is 16.0. The molecule has 5 aromatic heterocycles. The highest BCUT2D eigenvalue weighted by atomic mass is 16.3. The molecule has 0 saturated heterocycles. The van der Waals surface area contributed by atoms with Gasteiger partial charge >= 0.3 is 0 Å². The number of furan rings is 2. The number of rotatable bonds is 4. The van der Waals surface area contributed by atoms with Crippen LogP contribution in [-0.4, -0.2) is 13.7 Å². The molecule has 314 valence electrons. The van der Waals surface area contributed by atoms with Crippen LogP contribution in [0.15, 0.2) is 234 Å². The number of nitrogens with zero attached hydrogens (tertiary/aromatic N) is 3. The number of hydrogen-bond donors (Lipinski definition) is 0. The highest BCUT2D eigenvalue weighted by Gasteiger charge is 2.23. The van der Waals surface area contributed by atoms with Gasteiger partial charge in [-0.2, -0.15) is 0 Å². The molecule has 0 radical (unpaired) electrons. The summed E-state index contributed by atoms with van der Waals surface area (Å²) >= 11 is 0. The first-order chi connectivity index (χ1) is 33.2. The van der Waals surface area contributed by atoms with Crippen molar-refractivity contribution in [2.24, 2.45) is 0 Å². The van der Waals surface area contributed by atoms with Crippen molar-refractivity contribution in [3.8, 4) is 28.2 Å². The normalized spacial score (nSPS) is 12.0. The molecule has 5 heteroatoms. The third-order valence-electron chi connectivity index (χ3n) is 13.8. The maximum absolute atomic E-state index is 7.00. The Hall–Kier alpha value is -9.06. The summed E-state index contributed by atoms with van der Waals surface area (Å²) < 4.78 is 20.8. The zero-order valence-corrected chi connectivity index (χ0v) is 36.3. The average Bonchev–Trinajstić information content (AvgIpc) is 4.20. The molecule has 0 saturated carbocycles. The van der Waals surface area contributed by atoms with Crippen LogP contribution in [0, 0.1) is 0 Å². The fourth-order valence-electron chi connectivity index (χ4n) is 11.0. The van der Waals surface area contributed by atoms with Crippen LogP contribution in [0.4, 0.5) is 0 Å². The molecule has 0 aliphatic carbocycles. The molecule has 0 fully saturated rings. The van der Waals surface area contributed by atoms with Crippen LogP contribution in [-0.2, 0) is 0 Å². The molecular formula is C62H39N3O2. The van der Waals surface area contributed by atoms with Gasteiger partial charge in [0.15, 0.2) is 0 Å². The second kappa shape index (κ2) is 14.2. The van der Waals surface area contributed by atoms with E-state index in [1.54, 1.807) is 0 Å². The Bertz CT molecular complexity index is 4440. The quantitative estimate of drug-likeness (QED) is 0.165. The van der Waals surface area contributed by atoms with Crippen molar-refractivity contribution in [1.29, 1.82) is 0 Å². The zero-order valence-electron chi connectivity index (χ0n) is 36.3. The molecule has 0 amide bonds. The lowest BCUT2D eigenvalue weighted by molar-refractivity contribution is 0.672. The van der Waals surface area contributed by atoms with Crippen LogP contribution in [0.3, 0.4) is 0 Å². The first kappa shape index (κ1) is 37.3. The number of fused-ring (bicyclic) bond motifs is 17. The van der Waals surface area contributed by atoms with Gasteiger partial charge in [0.2, 0.25) is 0 Å². The predicted octanol–water partition coefficient (Wildman–Crippen LogP) is 17.2. The van der Waals surface area contributed by atoms with Crippen LogP contribution < -0.4 is 0 Å². The van der Waals surface area contributed by atoms with E-state index in [1.807, 2.05) is 6.07 Å². The minimum atomic E-state index is 0.865. The van der Waals surface area contributed by atoms with Gasteiger partial charge < -0.3 is 22.5 Å². The number of para-hydroxylation sites is 5. The molecular weight excluding hydrogens is 819 g/mol. The lowest BCUT2D eigenvalue weighted by atomic mass is 10.0. The standard InChI is InChI=1S/C60H35N3O2.C2H4/c1-2-14-38(15-3-1)61-52-29-26-40(63-51-23-10-6-20-46(51)57-53(63)30-27-44-43-19-7-11-24-55(43)64-59(44)57)35-48(52)58-54(61)31-28-45-47-34-37(25-32-56(47)65-60(45)58)36-13-12-16-39(33-36)62-49-21-8-4-17-41(49)42-18-5-9-22-50(42)62;1-2/h1-35H;1-2H2. The topological polar surface area (TPSA) is 41.1 Å². The van der Waals surface area contributed by atoms with Gasteiger partial charge in [0.25, 0.3) is 0 Å². The van der Waals surface area contributed by atoms with E-state index < -0.39 is 0 Å². The van der Waals surface area contributed by atoms with E-state index >= 15 is 0 Å². The lowest BCUT2D eigenvalue weighted by Crippen LogP contribution is -1.95. The summed E-state index contributed by atoms with van der Waals surface area (Å²) in [5.74, 6) is 0. The van der Waals surface area contributed by atoms with Gasteiger partial charge in [0.05, 0.1) is 43.9 Å². The minimum absolute atomic E-state index is 0.865. The smallest absolute Gasteiger partial charge is 0.145 e. The minimum Gasteiger partial charge on any atom is -0.455 e. The third-order valence-corrected chi connectivity index (χ3v) is 13.8. The molecule has 67 heavy (non-hydrogen) atoms.